The Balaban J connectivity index is 1.69. The third kappa shape index (κ3) is 3.77. The van der Waals surface area contributed by atoms with Crippen molar-refractivity contribution in [3.8, 4) is 5.88 Å². The Morgan fingerprint density at radius 3 is 2.70 bits per heavy atom. The van der Waals surface area contributed by atoms with Crippen LogP contribution in [0.25, 0.3) is 4.96 Å². The number of hydrogen-bond donors (Lipinski definition) is 1. The predicted molar refractivity (Wildman–Crippen MR) is 106 cm³/mol. The van der Waals surface area contributed by atoms with E-state index in [0.717, 1.165) is 12.1 Å². The largest absolute Gasteiger partial charge is 0.492 e. The first-order valence-electron chi connectivity index (χ1n) is 9.79. The van der Waals surface area contributed by atoms with Crippen LogP contribution in [0, 0.1) is 24.5 Å². The van der Waals surface area contributed by atoms with E-state index in [1.54, 1.807) is 13.8 Å². The van der Waals surface area contributed by atoms with Gasteiger partial charge in [0.15, 0.2) is 11.6 Å². The summed E-state index contributed by atoms with van der Waals surface area (Å²) in [5.74, 6) is -1.82. The molecular formula is C20H22F2N4O3S. The Morgan fingerprint density at radius 1 is 1.33 bits per heavy atom. The summed E-state index contributed by atoms with van der Waals surface area (Å²) in [4.78, 5) is 19.5. The van der Waals surface area contributed by atoms with Gasteiger partial charge in [0.1, 0.15) is 5.82 Å². The van der Waals surface area contributed by atoms with Crippen molar-refractivity contribution in [2.75, 3.05) is 19.7 Å². The zero-order valence-electron chi connectivity index (χ0n) is 16.6. The molecule has 160 valence electrons. The molecule has 0 amide bonds. The van der Waals surface area contributed by atoms with E-state index in [1.165, 1.54) is 21.9 Å². The Labute approximate surface area is 175 Å². The van der Waals surface area contributed by atoms with Crippen LogP contribution in [0.2, 0.25) is 0 Å². The average molecular weight is 436 g/mol. The minimum Gasteiger partial charge on any atom is -0.492 e. The normalized spacial score (nSPS) is 16.8. The van der Waals surface area contributed by atoms with Gasteiger partial charge in [-0.3, -0.25) is 9.69 Å². The van der Waals surface area contributed by atoms with Gasteiger partial charge in [-0.1, -0.05) is 17.4 Å². The summed E-state index contributed by atoms with van der Waals surface area (Å²) in [6, 6.07) is 3.23. The van der Waals surface area contributed by atoms with Gasteiger partial charge >= 0.3 is 5.97 Å². The van der Waals surface area contributed by atoms with Crippen molar-refractivity contribution in [1.82, 2.24) is 19.5 Å². The Bertz CT molecular complexity index is 1080. The van der Waals surface area contributed by atoms with E-state index in [4.69, 9.17) is 4.74 Å². The zero-order valence-corrected chi connectivity index (χ0v) is 17.5. The van der Waals surface area contributed by atoms with Crippen molar-refractivity contribution in [3.05, 3.63) is 46.1 Å². The number of benzene rings is 1. The molecular weight excluding hydrogens is 414 g/mol. The van der Waals surface area contributed by atoms with Crippen LogP contribution in [0.15, 0.2) is 18.2 Å². The maximum absolute atomic E-state index is 14.0. The maximum atomic E-state index is 14.0. The summed E-state index contributed by atoms with van der Waals surface area (Å²) in [5.41, 5.74) is 0.514. The smallest absolute Gasteiger partial charge is 0.309 e. The molecule has 0 bridgehead atoms. The summed E-state index contributed by atoms with van der Waals surface area (Å²) in [7, 11) is 0. The van der Waals surface area contributed by atoms with Gasteiger partial charge in [-0.25, -0.2) is 13.8 Å². The highest BCUT2D eigenvalue weighted by molar-refractivity contribution is 7.17. The van der Waals surface area contributed by atoms with Gasteiger partial charge in [0.05, 0.1) is 23.4 Å². The number of thiazole rings is 1. The van der Waals surface area contributed by atoms with Gasteiger partial charge in [-0.2, -0.15) is 4.52 Å². The summed E-state index contributed by atoms with van der Waals surface area (Å²) < 4.78 is 34.1. The number of likely N-dealkylation sites (tertiary alicyclic amines) is 1. The molecule has 1 N–H and O–H groups in total. The number of piperidine rings is 1. The number of fused-ring (bicyclic) bond motifs is 1. The fourth-order valence-corrected chi connectivity index (χ4v) is 5.05. The molecule has 3 heterocycles. The number of esters is 1. The maximum Gasteiger partial charge on any atom is 0.309 e. The van der Waals surface area contributed by atoms with E-state index in [2.05, 4.69) is 15.0 Å². The van der Waals surface area contributed by atoms with E-state index in [1.807, 2.05) is 0 Å². The molecule has 0 unspecified atom stereocenters. The monoisotopic (exact) mass is 436 g/mol. The molecule has 1 atom stereocenters. The lowest BCUT2D eigenvalue weighted by Gasteiger charge is -2.36. The molecule has 0 aliphatic carbocycles. The molecule has 0 radical (unpaired) electrons. The van der Waals surface area contributed by atoms with Gasteiger partial charge in [0.25, 0.3) is 0 Å². The third-order valence-electron chi connectivity index (χ3n) is 5.33. The van der Waals surface area contributed by atoms with Crippen LogP contribution in [0.5, 0.6) is 5.88 Å². The van der Waals surface area contributed by atoms with Gasteiger partial charge in [0, 0.05) is 0 Å². The first kappa shape index (κ1) is 20.7. The van der Waals surface area contributed by atoms with E-state index in [0.29, 0.717) is 53.8 Å². The van der Waals surface area contributed by atoms with Crippen molar-refractivity contribution < 1.29 is 23.4 Å². The van der Waals surface area contributed by atoms with E-state index < -0.39 is 17.7 Å². The van der Waals surface area contributed by atoms with E-state index in [9.17, 15) is 18.7 Å². The van der Waals surface area contributed by atoms with Gasteiger partial charge in [-0.15, -0.1) is 5.10 Å². The van der Waals surface area contributed by atoms with E-state index >= 15 is 0 Å². The van der Waals surface area contributed by atoms with Crippen molar-refractivity contribution >= 4 is 22.3 Å². The highest BCUT2D eigenvalue weighted by atomic mass is 32.1. The average Bonchev–Trinajstić information content (AvgIpc) is 3.23. The van der Waals surface area contributed by atoms with Crippen LogP contribution in [-0.4, -0.2) is 50.3 Å². The molecule has 1 aliphatic rings. The SMILES string of the molecule is CCOC(=O)C1CCN([C@@H](c2ccc(F)c(F)c2)c2sc3nc(C)nn3c2O)CC1. The van der Waals surface area contributed by atoms with Crippen molar-refractivity contribution in [3.63, 3.8) is 0 Å². The number of carbonyl (C=O) groups excluding carboxylic acids is 1. The molecule has 2 aromatic heterocycles. The highest BCUT2D eigenvalue weighted by Gasteiger charge is 2.34. The number of aromatic nitrogens is 3. The molecule has 1 fully saturated rings. The second-order valence-corrected chi connectivity index (χ2v) is 8.29. The predicted octanol–water partition coefficient (Wildman–Crippen LogP) is 3.45. The summed E-state index contributed by atoms with van der Waals surface area (Å²) in [6.07, 6.45) is 1.17. The number of carbonyl (C=O) groups is 1. The van der Waals surface area contributed by atoms with Crippen molar-refractivity contribution in [2.24, 2.45) is 5.92 Å². The van der Waals surface area contributed by atoms with Gasteiger partial charge < -0.3 is 9.84 Å². The lowest BCUT2D eigenvalue weighted by Crippen LogP contribution is -2.39. The number of halogens is 2. The number of rotatable bonds is 5. The van der Waals surface area contributed by atoms with Crippen LogP contribution in [0.4, 0.5) is 8.78 Å². The standard InChI is InChI=1S/C20H22F2N4O3S/c1-3-29-19(28)12-6-8-25(9-7-12)16(13-4-5-14(21)15(22)10-13)17-18(27)26-20(30-17)23-11(2)24-26/h4-5,10,12,16,27H,3,6-9H2,1-2H3/t16-/m0/s1. The lowest BCUT2D eigenvalue weighted by atomic mass is 9.93. The second kappa shape index (κ2) is 8.27. The Morgan fingerprint density at radius 2 is 2.07 bits per heavy atom. The minimum absolute atomic E-state index is 0.0714. The van der Waals surface area contributed by atoms with Crippen molar-refractivity contribution in [2.45, 2.75) is 32.7 Å². The third-order valence-corrected chi connectivity index (χ3v) is 6.40. The van der Waals surface area contributed by atoms with Gasteiger partial charge in [-0.05, 0) is 57.5 Å². The summed E-state index contributed by atoms with van der Waals surface area (Å²) in [5, 5.41) is 15.0. The number of aryl methyl sites for hydroxylation is 1. The number of aromatic hydroxyl groups is 1. The fraction of sp³-hybridized carbons (Fsp3) is 0.450. The minimum atomic E-state index is -0.950. The topological polar surface area (TPSA) is 80.0 Å². The lowest BCUT2D eigenvalue weighted by molar-refractivity contribution is -0.149. The number of ether oxygens (including phenoxy) is 1. The van der Waals surface area contributed by atoms with Crippen LogP contribution < -0.4 is 0 Å². The molecule has 4 rings (SSSR count). The molecule has 3 aromatic rings. The van der Waals surface area contributed by atoms with E-state index in [-0.39, 0.29) is 17.8 Å². The Hall–Kier alpha value is -2.59. The highest BCUT2D eigenvalue weighted by Crippen LogP contribution is 2.41. The first-order chi connectivity index (χ1) is 14.4. The molecule has 7 nitrogen and oxygen atoms in total. The zero-order chi connectivity index (χ0) is 21.4. The van der Waals surface area contributed by atoms with Gasteiger partial charge in [0.2, 0.25) is 10.8 Å². The van der Waals surface area contributed by atoms with Crippen LogP contribution in [-0.2, 0) is 9.53 Å². The Kier molecular flexibility index (Phi) is 5.70. The molecule has 10 heteroatoms. The molecule has 1 aliphatic heterocycles. The molecule has 1 aromatic carbocycles. The molecule has 30 heavy (non-hydrogen) atoms. The van der Waals surface area contributed by atoms with Crippen molar-refractivity contribution in [1.29, 1.82) is 0 Å². The van der Waals surface area contributed by atoms with Crippen LogP contribution in [0.1, 0.15) is 42.1 Å². The number of hydrogen-bond acceptors (Lipinski definition) is 7. The first-order valence-corrected chi connectivity index (χ1v) is 10.6. The fourth-order valence-electron chi connectivity index (χ4n) is 3.89. The second-order valence-electron chi connectivity index (χ2n) is 7.28. The molecule has 1 saturated heterocycles. The molecule has 0 saturated carbocycles. The summed E-state index contributed by atoms with van der Waals surface area (Å²) in [6.45, 7) is 4.92. The van der Waals surface area contributed by atoms with Crippen LogP contribution >= 0.6 is 11.3 Å². The molecule has 0 spiro atoms. The quantitative estimate of drug-likeness (QED) is 0.617. The summed E-state index contributed by atoms with van der Waals surface area (Å²) >= 11 is 1.26. The van der Waals surface area contributed by atoms with Crippen LogP contribution in [0.3, 0.4) is 0 Å². The number of nitrogens with zero attached hydrogens (tertiary/aromatic N) is 4.